The molecule has 0 amide bonds. The lowest BCUT2D eigenvalue weighted by molar-refractivity contribution is 0.102. The van der Waals surface area contributed by atoms with Gasteiger partial charge < -0.3 is 4.74 Å². The quantitative estimate of drug-likeness (QED) is 0.509. The molecule has 0 atom stereocenters. The number of nitrogens with one attached hydrogen (secondary N) is 1. The molecule has 0 aliphatic carbocycles. The highest BCUT2D eigenvalue weighted by molar-refractivity contribution is 7.99. The number of hydrogen-bond acceptors (Lipinski definition) is 5. The van der Waals surface area contributed by atoms with Crippen LogP contribution in [0.1, 0.15) is 15.9 Å². The molecule has 6 nitrogen and oxygen atoms in total. The van der Waals surface area contributed by atoms with Crippen LogP contribution in [0.3, 0.4) is 0 Å². The van der Waals surface area contributed by atoms with Crippen molar-refractivity contribution in [3.05, 3.63) is 76.0 Å². The third-order valence-corrected chi connectivity index (χ3v) is 4.69. The molecule has 1 heterocycles. The first-order chi connectivity index (χ1) is 12.6. The van der Waals surface area contributed by atoms with Gasteiger partial charge in [-0.1, -0.05) is 42.1 Å². The Hall–Kier alpha value is -2.87. The van der Waals surface area contributed by atoms with Crippen molar-refractivity contribution in [1.29, 1.82) is 0 Å². The van der Waals surface area contributed by atoms with Crippen LogP contribution in [0.15, 0.2) is 58.5 Å². The smallest absolute Gasteiger partial charge is 0.344 e. The summed E-state index contributed by atoms with van der Waals surface area (Å²) >= 11 is 1.12. The van der Waals surface area contributed by atoms with Crippen LogP contribution in [0.5, 0.6) is 5.75 Å². The number of aromatic nitrogens is 3. The molecule has 3 aromatic rings. The van der Waals surface area contributed by atoms with Gasteiger partial charge in [0, 0.05) is 5.56 Å². The van der Waals surface area contributed by atoms with Crippen LogP contribution in [0.25, 0.3) is 0 Å². The van der Waals surface area contributed by atoms with Crippen molar-refractivity contribution in [2.75, 3.05) is 12.9 Å². The van der Waals surface area contributed by atoms with E-state index in [1.165, 1.54) is 23.8 Å². The molecule has 1 aromatic heterocycles. The number of aromatic amines is 1. The van der Waals surface area contributed by atoms with Gasteiger partial charge in [0.05, 0.1) is 19.4 Å². The van der Waals surface area contributed by atoms with E-state index in [9.17, 15) is 14.0 Å². The number of methoxy groups -OCH3 is 1. The number of ketones is 1. The molecule has 1 N–H and O–H groups in total. The molecule has 3 rings (SSSR count). The normalized spacial score (nSPS) is 10.7. The molecule has 0 saturated carbocycles. The summed E-state index contributed by atoms with van der Waals surface area (Å²) in [4.78, 5) is 24.2. The molecule has 0 bridgehead atoms. The lowest BCUT2D eigenvalue weighted by atomic mass is 10.1. The number of thioether (sulfide) groups is 1. The highest BCUT2D eigenvalue weighted by Gasteiger charge is 2.14. The van der Waals surface area contributed by atoms with Gasteiger partial charge in [0.25, 0.3) is 0 Å². The van der Waals surface area contributed by atoms with Crippen LogP contribution in [-0.4, -0.2) is 33.4 Å². The number of nitrogens with zero attached hydrogens (tertiary/aromatic N) is 2. The molecule has 2 aromatic carbocycles. The Balaban J connectivity index is 1.71. The first-order valence-corrected chi connectivity index (χ1v) is 8.75. The van der Waals surface area contributed by atoms with E-state index < -0.39 is 5.82 Å². The van der Waals surface area contributed by atoms with Gasteiger partial charge in [-0.05, 0) is 23.8 Å². The number of hydrogen-bond donors (Lipinski definition) is 1. The predicted molar refractivity (Wildman–Crippen MR) is 96.4 cm³/mol. The average molecular weight is 373 g/mol. The van der Waals surface area contributed by atoms with E-state index >= 15 is 0 Å². The highest BCUT2D eigenvalue weighted by Crippen LogP contribution is 2.21. The molecule has 8 heteroatoms. The van der Waals surface area contributed by atoms with E-state index in [1.54, 1.807) is 0 Å². The maximum Gasteiger partial charge on any atom is 0.344 e. The van der Waals surface area contributed by atoms with E-state index in [2.05, 4.69) is 10.2 Å². The van der Waals surface area contributed by atoms with Gasteiger partial charge in [-0.3, -0.25) is 9.36 Å². The van der Waals surface area contributed by atoms with Crippen LogP contribution in [-0.2, 0) is 6.54 Å². The third-order valence-electron chi connectivity index (χ3n) is 3.71. The first-order valence-electron chi connectivity index (χ1n) is 7.77. The van der Waals surface area contributed by atoms with Gasteiger partial charge in [-0.15, -0.1) is 5.10 Å². The van der Waals surface area contributed by atoms with Crippen molar-refractivity contribution in [1.82, 2.24) is 14.8 Å². The summed E-state index contributed by atoms with van der Waals surface area (Å²) in [5.74, 6) is -0.745. The minimum Gasteiger partial charge on any atom is -0.494 e. The molecule has 0 aliphatic rings. The number of H-pyrrole nitrogens is 1. The van der Waals surface area contributed by atoms with Gasteiger partial charge >= 0.3 is 5.69 Å². The molecule has 0 aliphatic heterocycles. The summed E-state index contributed by atoms with van der Waals surface area (Å²) in [6.07, 6.45) is 0. The minimum absolute atomic E-state index is 0.0326. The second kappa shape index (κ2) is 8.01. The van der Waals surface area contributed by atoms with Gasteiger partial charge in [-0.2, -0.15) is 0 Å². The predicted octanol–water partition coefficient (Wildman–Crippen LogP) is 2.74. The zero-order valence-corrected chi connectivity index (χ0v) is 14.8. The lowest BCUT2D eigenvalue weighted by Crippen LogP contribution is -2.18. The van der Waals surface area contributed by atoms with Gasteiger partial charge in [0.2, 0.25) is 0 Å². The number of halogens is 1. The van der Waals surface area contributed by atoms with Gasteiger partial charge in [0.15, 0.2) is 22.5 Å². The minimum atomic E-state index is -0.593. The zero-order chi connectivity index (χ0) is 18.5. The molecule has 0 spiro atoms. The van der Waals surface area contributed by atoms with Crippen molar-refractivity contribution in [2.45, 2.75) is 11.7 Å². The van der Waals surface area contributed by atoms with E-state index in [1.807, 2.05) is 30.3 Å². The van der Waals surface area contributed by atoms with Crippen LogP contribution in [0.4, 0.5) is 4.39 Å². The van der Waals surface area contributed by atoms with Crippen LogP contribution in [0, 0.1) is 5.82 Å². The summed E-state index contributed by atoms with van der Waals surface area (Å²) in [6.45, 7) is 0.351. The fraction of sp³-hybridized carbons (Fsp3) is 0.167. The molecule has 26 heavy (non-hydrogen) atoms. The second-order valence-electron chi connectivity index (χ2n) is 5.44. The number of ether oxygens (including phenoxy) is 1. The maximum absolute atomic E-state index is 13.7. The van der Waals surface area contributed by atoms with E-state index in [-0.39, 0.29) is 28.5 Å². The standard InChI is InChI=1S/C18H16FN3O3S/c1-25-16-8-7-13(9-14(16)19)15(23)11-26-18-21-20-17(24)22(18)10-12-5-3-2-4-6-12/h2-9H,10-11H2,1H3,(H,20,24). The summed E-state index contributed by atoms with van der Waals surface area (Å²) in [7, 11) is 1.36. The fourth-order valence-corrected chi connectivity index (χ4v) is 3.21. The average Bonchev–Trinajstić information content (AvgIpc) is 3.00. The Morgan fingerprint density at radius 3 is 2.73 bits per heavy atom. The van der Waals surface area contributed by atoms with E-state index in [0.29, 0.717) is 11.7 Å². The Bertz CT molecular complexity index is 969. The van der Waals surface area contributed by atoms with Gasteiger partial charge in [0.1, 0.15) is 0 Å². The Morgan fingerprint density at radius 1 is 1.27 bits per heavy atom. The van der Waals surface area contributed by atoms with Crippen molar-refractivity contribution in [2.24, 2.45) is 0 Å². The monoisotopic (exact) mass is 373 g/mol. The lowest BCUT2D eigenvalue weighted by Gasteiger charge is -2.06. The molecule has 0 saturated heterocycles. The second-order valence-corrected chi connectivity index (χ2v) is 6.39. The van der Waals surface area contributed by atoms with Crippen LogP contribution >= 0.6 is 11.8 Å². The Kier molecular flexibility index (Phi) is 5.52. The number of Topliss-reactive ketones (excluding diaryl/α,β-unsaturated/α-hetero) is 1. The summed E-state index contributed by atoms with van der Waals surface area (Å²) < 4.78 is 20.0. The summed E-state index contributed by atoms with van der Waals surface area (Å²) in [5.41, 5.74) is 0.837. The number of rotatable bonds is 7. The van der Waals surface area contributed by atoms with Gasteiger partial charge in [-0.25, -0.2) is 14.3 Å². The summed E-state index contributed by atoms with van der Waals surface area (Å²) in [6, 6.07) is 13.5. The largest absolute Gasteiger partial charge is 0.494 e. The molecule has 0 unspecified atom stereocenters. The van der Waals surface area contributed by atoms with Crippen LogP contribution < -0.4 is 10.4 Å². The number of benzene rings is 2. The molecule has 134 valence electrons. The molecular weight excluding hydrogens is 357 g/mol. The van der Waals surface area contributed by atoms with Crippen molar-refractivity contribution < 1.29 is 13.9 Å². The topological polar surface area (TPSA) is 77.0 Å². The van der Waals surface area contributed by atoms with E-state index in [4.69, 9.17) is 4.74 Å². The van der Waals surface area contributed by atoms with Crippen molar-refractivity contribution in [3.8, 4) is 5.75 Å². The molecule has 0 radical (unpaired) electrons. The van der Waals surface area contributed by atoms with Crippen molar-refractivity contribution >= 4 is 17.5 Å². The third kappa shape index (κ3) is 4.02. The fourth-order valence-electron chi connectivity index (χ4n) is 2.37. The number of carbonyl (C=O) groups excluding carboxylic acids is 1. The summed E-state index contributed by atoms with van der Waals surface area (Å²) in [5, 5.41) is 6.76. The molecular formula is C18H16FN3O3S. The molecule has 0 fully saturated rings. The van der Waals surface area contributed by atoms with Crippen LogP contribution in [0.2, 0.25) is 0 Å². The zero-order valence-electron chi connectivity index (χ0n) is 13.9. The SMILES string of the molecule is COc1ccc(C(=O)CSc2n[nH]c(=O)n2Cc2ccccc2)cc1F. The number of carbonyl (C=O) groups is 1. The van der Waals surface area contributed by atoms with Crippen molar-refractivity contribution in [3.63, 3.8) is 0 Å². The Labute approximate surface area is 153 Å². The van der Waals surface area contributed by atoms with E-state index in [0.717, 1.165) is 23.4 Å². The highest BCUT2D eigenvalue weighted by atomic mass is 32.2. The first kappa shape index (κ1) is 17.9. The maximum atomic E-state index is 13.7. The Morgan fingerprint density at radius 2 is 2.04 bits per heavy atom.